The molecule has 0 fully saturated rings. The first-order valence-corrected chi connectivity index (χ1v) is 10.7. The standard InChI is InChI=1S/C26H26O2S/c1-5-23(24-16-29-15-19(24)4)26(22-10-6-17(2)18(3)14-22)21-11-7-20(8-12-21)9-13-25(27)28/h6-16H,5H2,1-4H3,(H,27,28)/b13-9+,26-23+. The van der Waals surface area contributed by atoms with Crippen LogP contribution in [0.4, 0.5) is 0 Å². The molecule has 0 saturated carbocycles. The molecule has 0 amide bonds. The van der Waals surface area contributed by atoms with Crippen LogP contribution in [0, 0.1) is 20.8 Å². The van der Waals surface area contributed by atoms with E-state index in [9.17, 15) is 4.79 Å². The van der Waals surface area contributed by atoms with E-state index < -0.39 is 5.97 Å². The number of carbonyl (C=O) groups is 1. The van der Waals surface area contributed by atoms with Crippen LogP contribution in [0.25, 0.3) is 17.2 Å². The highest BCUT2D eigenvalue weighted by atomic mass is 32.1. The number of allylic oxidation sites excluding steroid dienone is 1. The van der Waals surface area contributed by atoms with Gasteiger partial charge in [-0.15, -0.1) is 0 Å². The van der Waals surface area contributed by atoms with Crippen molar-refractivity contribution in [2.45, 2.75) is 34.1 Å². The van der Waals surface area contributed by atoms with Gasteiger partial charge < -0.3 is 5.11 Å². The first-order valence-electron chi connectivity index (χ1n) is 9.76. The summed E-state index contributed by atoms with van der Waals surface area (Å²) < 4.78 is 0. The molecule has 2 nitrogen and oxygen atoms in total. The average Bonchev–Trinajstić information content (AvgIpc) is 3.13. The van der Waals surface area contributed by atoms with Crippen LogP contribution < -0.4 is 0 Å². The largest absolute Gasteiger partial charge is 0.478 e. The lowest BCUT2D eigenvalue weighted by molar-refractivity contribution is -0.131. The molecule has 0 spiro atoms. The normalized spacial score (nSPS) is 12.3. The highest BCUT2D eigenvalue weighted by Crippen LogP contribution is 2.37. The Morgan fingerprint density at radius 2 is 1.62 bits per heavy atom. The number of benzene rings is 2. The second-order valence-corrected chi connectivity index (χ2v) is 8.01. The molecule has 0 aliphatic heterocycles. The van der Waals surface area contributed by atoms with Crippen molar-refractivity contribution in [1.29, 1.82) is 0 Å². The van der Waals surface area contributed by atoms with E-state index in [2.05, 4.69) is 68.8 Å². The molecule has 0 radical (unpaired) electrons. The van der Waals surface area contributed by atoms with Crippen LogP contribution in [0.2, 0.25) is 0 Å². The Balaban J connectivity index is 2.20. The Hall–Kier alpha value is -2.91. The lowest BCUT2D eigenvalue weighted by Crippen LogP contribution is -1.97. The Labute approximate surface area is 176 Å². The highest BCUT2D eigenvalue weighted by Gasteiger charge is 2.15. The third-order valence-corrected chi connectivity index (χ3v) is 6.11. The number of carboxylic acids is 1. The van der Waals surface area contributed by atoms with E-state index in [-0.39, 0.29) is 0 Å². The fourth-order valence-corrected chi connectivity index (χ4v) is 4.38. The van der Waals surface area contributed by atoms with Crippen molar-refractivity contribution in [3.63, 3.8) is 0 Å². The molecule has 3 heteroatoms. The van der Waals surface area contributed by atoms with Gasteiger partial charge >= 0.3 is 5.97 Å². The maximum absolute atomic E-state index is 10.8. The van der Waals surface area contributed by atoms with E-state index in [1.165, 1.54) is 45.0 Å². The molecule has 1 N–H and O–H groups in total. The molecule has 0 bridgehead atoms. The molecule has 29 heavy (non-hydrogen) atoms. The third kappa shape index (κ3) is 4.75. The summed E-state index contributed by atoms with van der Waals surface area (Å²) in [6, 6.07) is 14.8. The van der Waals surface area contributed by atoms with Crippen LogP contribution in [0.15, 0.2) is 59.3 Å². The van der Waals surface area contributed by atoms with Gasteiger partial charge in [0.1, 0.15) is 0 Å². The number of hydrogen-bond acceptors (Lipinski definition) is 2. The SMILES string of the molecule is CC/C(=C(/c1ccc(/C=C/C(=O)O)cc1)c1ccc(C)c(C)c1)c1cscc1C. The number of hydrogen-bond donors (Lipinski definition) is 1. The van der Waals surface area contributed by atoms with E-state index in [0.29, 0.717) is 0 Å². The molecule has 0 saturated heterocycles. The maximum Gasteiger partial charge on any atom is 0.328 e. The Morgan fingerprint density at radius 1 is 0.931 bits per heavy atom. The number of rotatable bonds is 6. The van der Waals surface area contributed by atoms with Crippen molar-refractivity contribution in [3.8, 4) is 0 Å². The van der Waals surface area contributed by atoms with E-state index in [4.69, 9.17) is 5.11 Å². The van der Waals surface area contributed by atoms with Gasteiger partial charge in [-0.2, -0.15) is 11.3 Å². The van der Waals surface area contributed by atoms with E-state index in [0.717, 1.165) is 17.5 Å². The molecule has 0 aliphatic rings. The summed E-state index contributed by atoms with van der Waals surface area (Å²) in [6.45, 7) is 8.66. The second kappa shape index (κ2) is 9.06. The molecule has 1 heterocycles. The molecule has 0 aliphatic carbocycles. The Morgan fingerprint density at radius 3 is 2.17 bits per heavy atom. The molecular formula is C26H26O2S. The zero-order chi connectivity index (χ0) is 21.0. The van der Waals surface area contributed by atoms with Crippen molar-refractivity contribution in [3.05, 3.63) is 98.2 Å². The zero-order valence-corrected chi connectivity index (χ0v) is 18.1. The van der Waals surface area contributed by atoms with Gasteiger partial charge in [-0.25, -0.2) is 4.79 Å². The minimum Gasteiger partial charge on any atom is -0.478 e. The highest BCUT2D eigenvalue weighted by molar-refractivity contribution is 7.08. The Bertz CT molecular complexity index is 1080. The summed E-state index contributed by atoms with van der Waals surface area (Å²) in [5.41, 5.74) is 11.0. The summed E-state index contributed by atoms with van der Waals surface area (Å²) >= 11 is 1.74. The first kappa shape index (κ1) is 20.8. The van der Waals surface area contributed by atoms with Gasteiger partial charge in [-0.3, -0.25) is 0 Å². The molecule has 2 aromatic carbocycles. The number of aryl methyl sites for hydroxylation is 3. The number of aliphatic carboxylic acids is 1. The predicted octanol–water partition coefficient (Wildman–Crippen LogP) is 7.14. The molecular weight excluding hydrogens is 376 g/mol. The molecule has 3 aromatic rings. The van der Waals surface area contributed by atoms with Gasteiger partial charge in [0, 0.05) is 6.08 Å². The minimum absolute atomic E-state index is 0.875. The van der Waals surface area contributed by atoms with Crippen LogP contribution in [0.1, 0.15) is 52.3 Å². The van der Waals surface area contributed by atoms with Crippen LogP contribution in [0.3, 0.4) is 0 Å². The summed E-state index contributed by atoms with van der Waals surface area (Å²) in [4.78, 5) is 10.8. The van der Waals surface area contributed by atoms with Crippen molar-refractivity contribution in [2.24, 2.45) is 0 Å². The van der Waals surface area contributed by atoms with Gasteiger partial charge in [0.05, 0.1) is 0 Å². The molecule has 3 rings (SSSR count). The quantitative estimate of drug-likeness (QED) is 0.445. The van der Waals surface area contributed by atoms with Crippen LogP contribution in [-0.2, 0) is 4.79 Å². The van der Waals surface area contributed by atoms with Crippen LogP contribution >= 0.6 is 11.3 Å². The average molecular weight is 403 g/mol. The van der Waals surface area contributed by atoms with Gasteiger partial charge in [0.2, 0.25) is 0 Å². The van der Waals surface area contributed by atoms with E-state index in [1.54, 1.807) is 17.4 Å². The third-order valence-electron chi connectivity index (χ3n) is 5.25. The van der Waals surface area contributed by atoms with Gasteiger partial charge in [0.15, 0.2) is 0 Å². The maximum atomic E-state index is 10.8. The summed E-state index contributed by atoms with van der Waals surface area (Å²) in [5.74, 6) is -0.939. The Kier molecular flexibility index (Phi) is 6.50. The van der Waals surface area contributed by atoms with Crippen LogP contribution in [0.5, 0.6) is 0 Å². The molecule has 0 atom stereocenters. The summed E-state index contributed by atoms with van der Waals surface area (Å²) in [6.07, 6.45) is 3.72. The summed E-state index contributed by atoms with van der Waals surface area (Å²) in [5, 5.41) is 13.3. The minimum atomic E-state index is -0.939. The molecule has 148 valence electrons. The lowest BCUT2D eigenvalue weighted by atomic mass is 9.87. The predicted molar refractivity (Wildman–Crippen MR) is 124 cm³/mol. The summed E-state index contributed by atoms with van der Waals surface area (Å²) in [7, 11) is 0. The molecule has 0 unspecified atom stereocenters. The van der Waals surface area contributed by atoms with E-state index in [1.807, 2.05) is 12.1 Å². The lowest BCUT2D eigenvalue weighted by Gasteiger charge is -2.17. The second-order valence-electron chi connectivity index (χ2n) is 7.27. The number of carboxylic acid groups (broad SMARTS) is 1. The van der Waals surface area contributed by atoms with Crippen molar-refractivity contribution < 1.29 is 9.90 Å². The topological polar surface area (TPSA) is 37.3 Å². The van der Waals surface area contributed by atoms with E-state index >= 15 is 0 Å². The van der Waals surface area contributed by atoms with Crippen molar-refractivity contribution >= 4 is 34.5 Å². The van der Waals surface area contributed by atoms with Gasteiger partial charge in [-0.05, 0) is 94.1 Å². The fourth-order valence-electron chi connectivity index (χ4n) is 3.51. The zero-order valence-electron chi connectivity index (χ0n) is 17.3. The van der Waals surface area contributed by atoms with Crippen molar-refractivity contribution in [1.82, 2.24) is 0 Å². The van der Waals surface area contributed by atoms with Gasteiger partial charge in [-0.1, -0.05) is 49.4 Å². The number of thiophene rings is 1. The van der Waals surface area contributed by atoms with Crippen molar-refractivity contribution in [2.75, 3.05) is 0 Å². The smallest absolute Gasteiger partial charge is 0.328 e. The first-order chi connectivity index (χ1) is 13.9. The monoisotopic (exact) mass is 402 g/mol. The van der Waals surface area contributed by atoms with Gasteiger partial charge in [0.25, 0.3) is 0 Å². The van der Waals surface area contributed by atoms with Crippen LogP contribution in [-0.4, -0.2) is 11.1 Å². The molecule has 1 aromatic heterocycles. The fraction of sp³-hybridized carbons (Fsp3) is 0.192.